The van der Waals surface area contributed by atoms with Crippen LogP contribution < -0.4 is 4.74 Å². The highest BCUT2D eigenvalue weighted by Gasteiger charge is 2.38. The van der Waals surface area contributed by atoms with Gasteiger partial charge < -0.3 is 10.3 Å². The molecule has 7 heteroatoms. The number of ketones is 1. The number of methoxy groups -OCH3 is 1. The Morgan fingerprint density at radius 2 is 1.78 bits per heavy atom. The lowest BCUT2D eigenvalue weighted by atomic mass is 10.1. The summed E-state index contributed by atoms with van der Waals surface area (Å²) in [5, 5.41) is -0.936. The second kappa shape index (κ2) is 6.56. The van der Waals surface area contributed by atoms with E-state index in [9.17, 15) is 13.2 Å². The molecule has 0 aliphatic heterocycles. The molecule has 23 heavy (non-hydrogen) atoms. The molecule has 0 unspecified atom stereocenters. The average Bonchev–Trinajstić information content (AvgIpc) is 2.55. The molecule has 0 bridgehead atoms. The SMILES string of the molecule is COc1cccc(C(=O)C(=[N+]=[N-])S(=O)(=O)c2ccc(C)cc2)c1. The topological polar surface area (TPSA) is 96.8 Å². The Balaban J connectivity index is 2.48. The predicted molar refractivity (Wildman–Crippen MR) is 84.3 cm³/mol. The van der Waals surface area contributed by atoms with Crippen molar-refractivity contribution < 1.29 is 22.7 Å². The number of hydrogen-bond acceptors (Lipinski definition) is 4. The number of hydrogen-bond donors (Lipinski definition) is 0. The van der Waals surface area contributed by atoms with Crippen LogP contribution in [-0.4, -0.2) is 31.1 Å². The van der Waals surface area contributed by atoms with Gasteiger partial charge in [0.1, 0.15) is 5.75 Å². The van der Waals surface area contributed by atoms with Gasteiger partial charge in [0.05, 0.1) is 12.0 Å². The summed E-state index contributed by atoms with van der Waals surface area (Å²) in [6.07, 6.45) is 0. The lowest BCUT2D eigenvalue weighted by molar-refractivity contribution is -0.00158. The maximum Gasteiger partial charge on any atom is 0.456 e. The van der Waals surface area contributed by atoms with Crippen molar-refractivity contribution in [2.75, 3.05) is 7.11 Å². The Labute approximate surface area is 133 Å². The van der Waals surface area contributed by atoms with E-state index >= 15 is 0 Å². The summed E-state index contributed by atoms with van der Waals surface area (Å²) in [5.41, 5.74) is 10.0. The predicted octanol–water partition coefficient (Wildman–Crippen LogP) is 2.29. The van der Waals surface area contributed by atoms with E-state index in [1.165, 1.54) is 31.4 Å². The Bertz CT molecular complexity index is 896. The first-order valence-electron chi connectivity index (χ1n) is 6.62. The van der Waals surface area contributed by atoms with E-state index in [1.807, 2.05) is 0 Å². The number of carbonyl (C=O) groups is 1. The van der Waals surface area contributed by atoms with Gasteiger partial charge in [0, 0.05) is 5.56 Å². The van der Waals surface area contributed by atoms with Crippen LogP contribution >= 0.6 is 0 Å². The van der Waals surface area contributed by atoms with Crippen molar-refractivity contribution in [3.63, 3.8) is 0 Å². The maximum atomic E-state index is 12.5. The Morgan fingerprint density at radius 3 is 2.35 bits per heavy atom. The average molecular weight is 330 g/mol. The summed E-state index contributed by atoms with van der Waals surface area (Å²) in [6.45, 7) is 1.80. The second-order valence-electron chi connectivity index (χ2n) is 4.78. The maximum absolute atomic E-state index is 12.5. The molecule has 0 amide bonds. The molecular weight excluding hydrogens is 316 g/mol. The first-order valence-corrected chi connectivity index (χ1v) is 8.11. The van der Waals surface area contributed by atoms with Crippen molar-refractivity contribution in [1.29, 1.82) is 0 Å². The van der Waals surface area contributed by atoms with Gasteiger partial charge >= 0.3 is 5.04 Å². The largest absolute Gasteiger partial charge is 0.497 e. The van der Waals surface area contributed by atoms with Gasteiger partial charge in [-0.15, -0.1) is 4.79 Å². The van der Waals surface area contributed by atoms with Gasteiger partial charge in [-0.2, -0.15) is 0 Å². The van der Waals surface area contributed by atoms with E-state index in [0.717, 1.165) is 5.56 Å². The first-order chi connectivity index (χ1) is 10.9. The van der Waals surface area contributed by atoms with E-state index in [-0.39, 0.29) is 10.5 Å². The normalized spacial score (nSPS) is 10.7. The van der Waals surface area contributed by atoms with E-state index in [2.05, 4.69) is 4.79 Å². The molecule has 0 N–H and O–H groups in total. The number of aryl methyl sites for hydroxylation is 1. The van der Waals surface area contributed by atoms with Gasteiger partial charge in [-0.3, -0.25) is 4.79 Å². The molecule has 0 aliphatic carbocycles. The van der Waals surface area contributed by atoms with Crippen LogP contribution in [0.15, 0.2) is 53.4 Å². The van der Waals surface area contributed by atoms with Crippen LogP contribution in [0.25, 0.3) is 5.53 Å². The molecule has 6 nitrogen and oxygen atoms in total. The number of ether oxygens (including phenoxy) is 1. The quantitative estimate of drug-likeness (QED) is 0.282. The standard InChI is InChI=1S/C16H14N2O4S/c1-11-6-8-14(9-7-11)23(20,21)16(18-17)15(19)12-4-3-5-13(10-12)22-2/h3-10H,1-2H3. The molecule has 118 valence electrons. The molecule has 2 aromatic carbocycles. The summed E-state index contributed by atoms with van der Waals surface area (Å²) < 4.78 is 30.0. The van der Waals surface area contributed by atoms with E-state index < -0.39 is 20.7 Å². The Kier molecular flexibility index (Phi) is 4.74. The molecule has 0 spiro atoms. The van der Waals surface area contributed by atoms with E-state index in [1.54, 1.807) is 31.2 Å². The van der Waals surface area contributed by atoms with Gasteiger partial charge in [0.15, 0.2) is 0 Å². The zero-order valence-corrected chi connectivity index (χ0v) is 13.4. The smallest absolute Gasteiger partial charge is 0.456 e. The molecule has 0 aromatic heterocycles. The van der Waals surface area contributed by atoms with Gasteiger partial charge in [0.25, 0.3) is 15.6 Å². The lowest BCUT2D eigenvalue weighted by Gasteiger charge is -2.03. The lowest BCUT2D eigenvalue weighted by Crippen LogP contribution is -2.26. The highest BCUT2D eigenvalue weighted by Crippen LogP contribution is 2.18. The minimum atomic E-state index is -4.23. The third-order valence-corrected chi connectivity index (χ3v) is 4.87. The minimum Gasteiger partial charge on any atom is -0.497 e. The van der Waals surface area contributed by atoms with Crippen molar-refractivity contribution in [2.45, 2.75) is 11.8 Å². The molecule has 0 aliphatic rings. The number of benzene rings is 2. The third-order valence-electron chi connectivity index (χ3n) is 3.20. The monoisotopic (exact) mass is 330 g/mol. The highest BCUT2D eigenvalue weighted by atomic mass is 32.2. The van der Waals surface area contributed by atoms with Gasteiger partial charge in [-0.25, -0.2) is 8.42 Å². The minimum absolute atomic E-state index is 0.0489. The number of nitrogens with zero attached hydrogens (tertiary/aromatic N) is 2. The van der Waals surface area contributed by atoms with Crippen LogP contribution in [0.1, 0.15) is 15.9 Å². The fraction of sp³-hybridized carbons (Fsp3) is 0.125. The second-order valence-corrected chi connectivity index (χ2v) is 6.65. The Morgan fingerprint density at radius 1 is 1.13 bits per heavy atom. The van der Waals surface area contributed by atoms with Gasteiger partial charge in [-0.1, -0.05) is 29.8 Å². The van der Waals surface area contributed by atoms with E-state index in [0.29, 0.717) is 5.75 Å². The van der Waals surface area contributed by atoms with Crippen LogP contribution in [0, 0.1) is 6.92 Å². The van der Waals surface area contributed by atoms with Gasteiger partial charge in [0.2, 0.25) is 0 Å². The summed E-state index contributed by atoms with van der Waals surface area (Å²) >= 11 is 0. The summed E-state index contributed by atoms with van der Waals surface area (Å²) in [6, 6.07) is 11.8. The molecule has 2 aromatic rings. The number of carbonyl (C=O) groups excluding carboxylic acids is 1. The summed E-state index contributed by atoms with van der Waals surface area (Å²) in [4.78, 5) is 15.0. The van der Waals surface area contributed by atoms with Crippen LogP contribution in [0.4, 0.5) is 0 Å². The number of rotatable bonds is 4. The molecule has 0 atom stereocenters. The van der Waals surface area contributed by atoms with Crippen molar-refractivity contribution in [3.8, 4) is 5.75 Å². The molecule has 0 radical (unpaired) electrons. The molecule has 0 fully saturated rings. The summed E-state index contributed by atoms with van der Waals surface area (Å²) in [7, 11) is -2.80. The van der Waals surface area contributed by atoms with Crippen molar-refractivity contribution in [3.05, 3.63) is 65.2 Å². The van der Waals surface area contributed by atoms with E-state index in [4.69, 9.17) is 10.3 Å². The van der Waals surface area contributed by atoms with Crippen LogP contribution in [0.5, 0.6) is 5.75 Å². The fourth-order valence-electron chi connectivity index (χ4n) is 1.94. The summed E-state index contributed by atoms with van der Waals surface area (Å²) in [5.74, 6) is -0.521. The molecule has 0 heterocycles. The van der Waals surface area contributed by atoms with Crippen LogP contribution in [-0.2, 0) is 9.84 Å². The fourth-order valence-corrected chi connectivity index (χ4v) is 3.13. The van der Waals surface area contributed by atoms with Crippen LogP contribution in [0.3, 0.4) is 0 Å². The zero-order chi connectivity index (χ0) is 17.0. The number of sulfone groups is 1. The van der Waals surface area contributed by atoms with Crippen LogP contribution in [0.2, 0.25) is 0 Å². The highest BCUT2D eigenvalue weighted by molar-refractivity contribution is 8.08. The zero-order valence-electron chi connectivity index (χ0n) is 12.6. The van der Waals surface area contributed by atoms with Crippen molar-refractivity contribution >= 4 is 20.7 Å². The first kappa shape index (κ1) is 16.6. The molecule has 2 rings (SSSR count). The third kappa shape index (κ3) is 3.36. The molecule has 0 saturated carbocycles. The number of Topliss-reactive ketones (excluding diaryl/α,β-unsaturated/α-hetero) is 1. The molecular formula is C16H14N2O4S. The van der Waals surface area contributed by atoms with Gasteiger partial charge in [-0.05, 0) is 31.2 Å². The molecule has 0 saturated heterocycles. The van der Waals surface area contributed by atoms with Crippen molar-refractivity contribution in [2.24, 2.45) is 0 Å². The van der Waals surface area contributed by atoms with Crippen molar-refractivity contribution in [1.82, 2.24) is 0 Å². The Hall–Kier alpha value is -2.76.